The van der Waals surface area contributed by atoms with E-state index in [1.54, 1.807) is 0 Å². The summed E-state index contributed by atoms with van der Waals surface area (Å²) < 4.78 is 3.08. The maximum atomic E-state index is 4.32. The monoisotopic (exact) mass is 339 g/mol. The van der Waals surface area contributed by atoms with Crippen LogP contribution in [0.5, 0.6) is 0 Å². The number of aromatic nitrogens is 2. The molecule has 1 aromatic heterocycles. The molecule has 1 aromatic carbocycles. The molecule has 1 aliphatic rings. The first-order valence-corrected chi connectivity index (χ1v) is 6.92. The van der Waals surface area contributed by atoms with E-state index in [1.807, 2.05) is 17.1 Å². The lowest BCUT2D eigenvalue weighted by atomic mass is 10.2. The molecule has 2 aromatic rings. The predicted octanol–water partition coefficient (Wildman–Crippen LogP) is 2.73. The van der Waals surface area contributed by atoms with Gasteiger partial charge < -0.3 is 5.32 Å². The zero-order valence-electron chi connectivity index (χ0n) is 9.44. The molecule has 88 valence electrons. The summed E-state index contributed by atoms with van der Waals surface area (Å²) >= 11 is 2.27. The van der Waals surface area contributed by atoms with Gasteiger partial charge in [0.15, 0.2) is 0 Å². The predicted molar refractivity (Wildman–Crippen MR) is 76.1 cm³/mol. The smallest absolute Gasteiger partial charge is 0.0649 e. The van der Waals surface area contributed by atoms with E-state index in [9.17, 15) is 0 Å². The maximum Gasteiger partial charge on any atom is 0.0649 e. The lowest BCUT2D eigenvalue weighted by Gasteiger charge is -2.06. The molecule has 17 heavy (non-hydrogen) atoms. The van der Waals surface area contributed by atoms with E-state index in [2.05, 4.69) is 57.3 Å². The van der Waals surface area contributed by atoms with Gasteiger partial charge in [-0.05, 0) is 53.1 Å². The number of nitrogens with one attached hydrogen (secondary N) is 1. The molecule has 0 amide bonds. The zero-order chi connectivity index (χ0) is 11.7. The van der Waals surface area contributed by atoms with Crippen LogP contribution in [0.3, 0.4) is 0 Å². The van der Waals surface area contributed by atoms with Crippen LogP contribution in [0, 0.1) is 3.57 Å². The maximum absolute atomic E-state index is 4.32. The summed E-state index contributed by atoms with van der Waals surface area (Å²) in [5.74, 6) is 0. The molecule has 1 saturated carbocycles. The number of halogens is 1. The number of rotatable bonds is 4. The van der Waals surface area contributed by atoms with E-state index in [1.165, 1.54) is 18.4 Å². The fraction of sp³-hybridized carbons (Fsp3) is 0.308. The van der Waals surface area contributed by atoms with Crippen LogP contribution in [-0.4, -0.2) is 15.8 Å². The van der Waals surface area contributed by atoms with Crippen LogP contribution in [0.15, 0.2) is 36.7 Å². The Morgan fingerprint density at radius 3 is 3.00 bits per heavy atom. The van der Waals surface area contributed by atoms with Gasteiger partial charge in [-0.15, -0.1) is 0 Å². The lowest BCUT2D eigenvalue weighted by molar-refractivity contribution is 0.687. The van der Waals surface area contributed by atoms with Gasteiger partial charge in [-0.3, -0.25) is 0 Å². The second-order valence-corrected chi connectivity index (χ2v) is 5.67. The Morgan fingerprint density at radius 1 is 1.41 bits per heavy atom. The highest BCUT2D eigenvalue weighted by Crippen LogP contribution is 2.19. The first kappa shape index (κ1) is 11.2. The third-order valence-electron chi connectivity index (χ3n) is 2.90. The SMILES string of the molecule is Ic1cnn(-c2cccc(CNC3CC3)c2)c1. The molecule has 0 aliphatic heterocycles. The van der Waals surface area contributed by atoms with Crippen molar-refractivity contribution in [2.24, 2.45) is 0 Å². The van der Waals surface area contributed by atoms with Crippen molar-refractivity contribution in [3.05, 3.63) is 45.8 Å². The minimum Gasteiger partial charge on any atom is -0.310 e. The van der Waals surface area contributed by atoms with Crippen molar-refractivity contribution in [1.82, 2.24) is 15.1 Å². The Hall–Kier alpha value is -0.880. The van der Waals surface area contributed by atoms with Gasteiger partial charge in [-0.25, -0.2) is 4.68 Å². The minimum absolute atomic E-state index is 0.754. The fourth-order valence-corrected chi connectivity index (χ4v) is 2.19. The zero-order valence-corrected chi connectivity index (χ0v) is 11.6. The second kappa shape index (κ2) is 4.78. The Labute approximate surface area is 114 Å². The first-order chi connectivity index (χ1) is 8.31. The van der Waals surface area contributed by atoms with Gasteiger partial charge in [0.05, 0.1) is 15.5 Å². The quantitative estimate of drug-likeness (QED) is 0.868. The Balaban J connectivity index is 1.77. The molecule has 0 atom stereocenters. The summed E-state index contributed by atoms with van der Waals surface area (Å²) in [5.41, 5.74) is 2.45. The Bertz CT molecular complexity index is 517. The van der Waals surface area contributed by atoms with Crippen molar-refractivity contribution in [2.45, 2.75) is 25.4 Å². The molecular weight excluding hydrogens is 325 g/mol. The first-order valence-electron chi connectivity index (χ1n) is 5.84. The molecule has 0 bridgehead atoms. The summed E-state index contributed by atoms with van der Waals surface area (Å²) in [7, 11) is 0. The van der Waals surface area contributed by atoms with Crippen molar-refractivity contribution in [3.8, 4) is 5.69 Å². The molecule has 1 aliphatic carbocycles. The normalized spacial score (nSPS) is 15.1. The molecule has 1 heterocycles. The molecule has 0 saturated heterocycles. The van der Waals surface area contributed by atoms with Gasteiger partial charge >= 0.3 is 0 Å². The third kappa shape index (κ3) is 2.87. The van der Waals surface area contributed by atoms with Gasteiger partial charge in [0.2, 0.25) is 0 Å². The largest absolute Gasteiger partial charge is 0.310 e. The third-order valence-corrected chi connectivity index (χ3v) is 3.46. The van der Waals surface area contributed by atoms with Crippen molar-refractivity contribution in [2.75, 3.05) is 0 Å². The van der Waals surface area contributed by atoms with E-state index in [-0.39, 0.29) is 0 Å². The molecular formula is C13H14IN3. The van der Waals surface area contributed by atoms with Gasteiger partial charge in [0, 0.05) is 18.8 Å². The average Bonchev–Trinajstić information content (AvgIpc) is 3.08. The highest BCUT2D eigenvalue weighted by molar-refractivity contribution is 14.1. The minimum atomic E-state index is 0.754. The van der Waals surface area contributed by atoms with Gasteiger partial charge in [0.25, 0.3) is 0 Å². The van der Waals surface area contributed by atoms with Crippen molar-refractivity contribution < 1.29 is 0 Å². The van der Waals surface area contributed by atoms with Gasteiger partial charge in [0.1, 0.15) is 0 Å². The van der Waals surface area contributed by atoms with Crippen LogP contribution in [0.25, 0.3) is 5.69 Å². The second-order valence-electron chi connectivity index (χ2n) is 4.43. The average molecular weight is 339 g/mol. The van der Waals surface area contributed by atoms with Gasteiger partial charge in [-0.1, -0.05) is 12.1 Å². The van der Waals surface area contributed by atoms with E-state index < -0.39 is 0 Å². The Morgan fingerprint density at radius 2 is 2.29 bits per heavy atom. The van der Waals surface area contributed by atoms with E-state index in [0.717, 1.165) is 21.8 Å². The number of hydrogen-bond donors (Lipinski definition) is 1. The molecule has 0 unspecified atom stereocenters. The number of hydrogen-bond acceptors (Lipinski definition) is 2. The fourth-order valence-electron chi connectivity index (χ4n) is 1.80. The van der Waals surface area contributed by atoms with E-state index in [4.69, 9.17) is 0 Å². The summed E-state index contributed by atoms with van der Waals surface area (Å²) in [6.45, 7) is 0.955. The molecule has 4 heteroatoms. The molecule has 3 nitrogen and oxygen atoms in total. The van der Waals surface area contributed by atoms with Crippen LogP contribution in [-0.2, 0) is 6.54 Å². The molecule has 3 rings (SSSR count). The molecule has 0 spiro atoms. The summed E-state index contributed by atoms with van der Waals surface area (Å²) in [4.78, 5) is 0. The van der Waals surface area contributed by atoms with Crippen LogP contribution in [0.2, 0.25) is 0 Å². The summed E-state index contributed by atoms with van der Waals surface area (Å²) in [6.07, 6.45) is 6.57. The molecule has 1 fully saturated rings. The summed E-state index contributed by atoms with van der Waals surface area (Å²) in [6, 6.07) is 9.29. The number of nitrogens with zero attached hydrogens (tertiary/aromatic N) is 2. The topological polar surface area (TPSA) is 29.9 Å². The van der Waals surface area contributed by atoms with Crippen LogP contribution >= 0.6 is 22.6 Å². The summed E-state index contributed by atoms with van der Waals surface area (Å²) in [5, 5.41) is 7.85. The van der Waals surface area contributed by atoms with Crippen molar-refractivity contribution in [3.63, 3.8) is 0 Å². The molecule has 1 N–H and O–H groups in total. The number of benzene rings is 1. The highest BCUT2D eigenvalue weighted by atomic mass is 127. The van der Waals surface area contributed by atoms with Crippen LogP contribution < -0.4 is 5.32 Å². The van der Waals surface area contributed by atoms with Gasteiger partial charge in [-0.2, -0.15) is 5.10 Å². The van der Waals surface area contributed by atoms with Crippen LogP contribution in [0.1, 0.15) is 18.4 Å². The Kier molecular flexibility index (Phi) is 3.15. The highest BCUT2D eigenvalue weighted by Gasteiger charge is 2.19. The van der Waals surface area contributed by atoms with E-state index >= 15 is 0 Å². The lowest BCUT2D eigenvalue weighted by Crippen LogP contribution is -2.15. The molecule has 0 radical (unpaired) electrons. The van der Waals surface area contributed by atoms with Crippen LogP contribution in [0.4, 0.5) is 0 Å². The van der Waals surface area contributed by atoms with Crippen molar-refractivity contribution >= 4 is 22.6 Å². The standard InChI is InChI=1S/C13H14IN3/c14-11-8-16-17(9-11)13-3-1-2-10(6-13)7-15-12-4-5-12/h1-3,6,8-9,12,15H,4-5,7H2. The van der Waals surface area contributed by atoms with Crippen molar-refractivity contribution in [1.29, 1.82) is 0 Å². The van der Waals surface area contributed by atoms with E-state index in [0.29, 0.717) is 0 Å².